The lowest BCUT2D eigenvalue weighted by Crippen LogP contribution is -2.10. The summed E-state index contributed by atoms with van der Waals surface area (Å²) in [6, 6.07) is 19.2. The Morgan fingerprint density at radius 2 is 1.70 bits per heavy atom. The molecule has 0 atom stereocenters. The summed E-state index contributed by atoms with van der Waals surface area (Å²) < 4.78 is 21.4. The smallest absolute Gasteiger partial charge is 0.363 e. The number of cyclic esters (lactones) is 1. The quantitative estimate of drug-likeness (QED) is 0.315. The van der Waals surface area contributed by atoms with Gasteiger partial charge in [-0.3, -0.25) is 0 Å². The van der Waals surface area contributed by atoms with Gasteiger partial charge in [-0.2, -0.15) is 0 Å². The van der Waals surface area contributed by atoms with Gasteiger partial charge in [0.15, 0.2) is 17.2 Å². The molecular weight excluding hydrogens is 422 g/mol. The number of benzene rings is 3. The molecule has 1 aliphatic rings. The summed E-state index contributed by atoms with van der Waals surface area (Å²) in [6.07, 6.45) is 1.58. The van der Waals surface area contributed by atoms with E-state index in [2.05, 4.69) is 4.99 Å². The van der Waals surface area contributed by atoms with Crippen molar-refractivity contribution in [2.24, 2.45) is 4.99 Å². The summed E-state index contributed by atoms with van der Waals surface area (Å²) in [5, 5.41) is 0. The third-order valence-electron chi connectivity index (χ3n) is 4.91. The van der Waals surface area contributed by atoms with Gasteiger partial charge >= 0.3 is 11.9 Å². The minimum absolute atomic E-state index is 0.160. The summed E-state index contributed by atoms with van der Waals surface area (Å²) in [6.45, 7) is 1.95. The summed E-state index contributed by atoms with van der Waals surface area (Å²) in [7, 11) is 2.94. The number of carbonyl (C=O) groups excluding carboxylic acids is 2. The Hall–Kier alpha value is -4.39. The van der Waals surface area contributed by atoms with Crippen molar-refractivity contribution < 1.29 is 28.5 Å². The summed E-state index contributed by atoms with van der Waals surface area (Å²) in [4.78, 5) is 29.3. The van der Waals surface area contributed by atoms with Crippen molar-refractivity contribution in [1.82, 2.24) is 0 Å². The number of hydrogen-bond acceptors (Lipinski definition) is 7. The van der Waals surface area contributed by atoms with Crippen LogP contribution in [0.3, 0.4) is 0 Å². The molecule has 0 fully saturated rings. The summed E-state index contributed by atoms with van der Waals surface area (Å²) >= 11 is 0. The van der Waals surface area contributed by atoms with E-state index in [1.807, 2.05) is 31.2 Å². The highest BCUT2D eigenvalue weighted by Crippen LogP contribution is 2.31. The normalized spacial score (nSPS) is 14.0. The zero-order valence-corrected chi connectivity index (χ0v) is 18.3. The van der Waals surface area contributed by atoms with E-state index in [-0.39, 0.29) is 17.3 Å². The first-order valence-corrected chi connectivity index (χ1v) is 10.1. The zero-order valence-electron chi connectivity index (χ0n) is 18.3. The van der Waals surface area contributed by atoms with Gasteiger partial charge in [-0.25, -0.2) is 14.6 Å². The van der Waals surface area contributed by atoms with E-state index in [0.29, 0.717) is 22.6 Å². The second kappa shape index (κ2) is 9.40. The van der Waals surface area contributed by atoms with E-state index in [4.69, 9.17) is 18.9 Å². The van der Waals surface area contributed by atoms with Crippen LogP contribution in [0, 0.1) is 6.92 Å². The Morgan fingerprint density at radius 1 is 0.909 bits per heavy atom. The Balaban J connectivity index is 1.58. The maximum absolute atomic E-state index is 12.6. The molecule has 0 N–H and O–H groups in total. The fourth-order valence-corrected chi connectivity index (χ4v) is 3.29. The van der Waals surface area contributed by atoms with Gasteiger partial charge in [0, 0.05) is 5.56 Å². The number of rotatable bonds is 6. The first-order valence-electron chi connectivity index (χ1n) is 10.1. The zero-order chi connectivity index (χ0) is 23.4. The molecule has 0 radical (unpaired) electrons. The maximum atomic E-state index is 12.6. The highest BCUT2D eigenvalue weighted by molar-refractivity contribution is 6.12. The molecule has 1 heterocycles. The fourth-order valence-electron chi connectivity index (χ4n) is 3.29. The van der Waals surface area contributed by atoms with Crippen LogP contribution >= 0.6 is 0 Å². The number of hydrogen-bond donors (Lipinski definition) is 0. The Bertz CT molecular complexity index is 1290. The van der Waals surface area contributed by atoms with Crippen LogP contribution in [0.15, 0.2) is 77.4 Å². The van der Waals surface area contributed by atoms with Crippen LogP contribution in [0.4, 0.5) is 0 Å². The number of aliphatic imine (C=N–C) groups is 1. The molecule has 3 aromatic carbocycles. The first-order chi connectivity index (χ1) is 16.0. The van der Waals surface area contributed by atoms with Crippen molar-refractivity contribution in [2.45, 2.75) is 6.92 Å². The number of aryl methyl sites for hydroxylation is 1. The van der Waals surface area contributed by atoms with Gasteiger partial charge in [-0.15, -0.1) is 0 Å². The van der Waals surface area contributed by atoms with E-state index in [0.717, 1.165) is 11.1 Å². The standard InChI is InChI=1S/C26H21NO6/c1-16-7-6-8-18(13-16)24-27-20(26(29)33-24)14-17-11-12-22(23(15-17)31-3)32-25(28)19-9-4-5-10-21(19)30-2/h4-15H,1-3H3. The Kier molecular flexibility index (Phi) is 6.22. The SMILES string of the molecule is COc1cc(C=C2N=C(c3cccc(C)c3)OC2=O)ccc1OC(=O)c1ccccc1OC. The van der Waals surface area contributed by atoms with Crippen LogP contribution in [-0.4, -0.2) is 32.1 Å². The monoisotopic (exact) mass is 443 g/mol. The van der Waals surface area contributed by atoms with Crippen molar-refractivity contribution in [3.05, 3.63) is 94.7 Å². The topological polar surface area (TPSA) is 83.4 Å². The minimum atomic E-state index is -0.580. The molecule has 33 heavy (non-hydrogen) atoms. The molecule has 3 aromatic rings. The molecule has 166 valence electrons. The van der Waals surface area contributed by atoms with Crippen LogP contribution in [0.25, 0.3) is 6.08 Å². The lowest BCUT2D eigenvalue weighted by Gasteiger charge is -2.11. The van der Waals surface area contributed by atoms with Gasteiger partial charge in [-0.1, -0.05) is 35.9 Å². The van der Waals surface area contributed by atoms with E-state index in [9.17, 15) is 9.59 Å². The molecule has 4 rings (SSSR count). The Morgan fingerprint density at radius 3 is 2.45 bits per heavy atom. The Labute approximate surface area is 190 Å². The predicted octanol–water partition coefficient (Wildman–Crippen LogP) is 4.58. The van der Waals surface area contributed by atoms with E-state index >= 15 is 0 Å². The molecule has 0 aliphatic carbocycles. The van der Waals surface area contributed by atoms with Gasteiger partial charge in [0.1, 0.15) is 11.3 Å². The minimum Gasteiger partial charge on any atom is -0.496 e. The highest BCUT2D eigenvalue weighted by Gasteiger charge is 2.24. The molecule has 0 spiro atoms. The average Bonchev–Trinajstić information content (AvgIpc) is 3.20. The second-order valence-corrected chi connectivity index (χ2v) is 7.21. The van der Waals surface area contributed by atoms with Crippen LogP contribution in [0.2, 0.25) is 0 Å². The van der Waals surface area contributed by atoms with Crippen molar-refractivity contribution in [1.29, 1.82) is 0 Å². The third kappa shape index (κ3) is 4.77. The molecule has 0 unspecified atom stereocenters. The molecule has 0 saturated carbocycles. The highest BCUT2D eigenvalue weighted by atomic mass is 16.6. The summed E-state index contributed by atoms with van der Waals surface area (Å²) in [5.74, 6) is 0.0882. The first kappa shape index (κ1) is 21.8. The molecule has 0 bridgehead atoms. The number of methoxy groups -OCH3 is 2. The molecular formula is C26H21NO6. The maximum Gasteiger partial charge on any atom is 0.363 e. The van der Waals surface area contributed by atoms with Gasteiger partial charge < -0.3 is 18.9 Å². The van der Waals surface area contributed by atoms with Crippen molar-refractivity contribution >= 4 is 23.9 Å². The van der Waals surface area contributed by atoms with Crippen molar-refractivity contribution in [3.63, 3.8) is 0 Å². The second-order valence-electron chi connectivity index (χ2n) is 7.21. The largest absolute Gasteiger partial charge is 0.496 e. The van der Waals surface area contributed by atoms with Gasteiger partial charge in [0.05, 0.1) is 14.2 Å². The van der Waals surface area contributed by atoms with Crippen LogP contribution in [0.5, 0.6) is 17.2 Å². The fraction of sp³-hybridized carbons (Fsp3) is 0.115. The molecule has 1 aliphatic heterocycles. The van der Waals surface area contributed by atoms with Crippen LogP contribution < -0.4 is 14.2 Å². The molecule has 7 heteroatoms. The van der Waals surface area contributed by atoms with Crippen molar-refractivity contribution in [3.8, 4) is 17.2 Å². The number of carbonyl (C=O) groups is 2. The molecule has 0 saturated heterocycles. The number of ether oxygens (including phenoxy) is 4. The van der Waals surface area contributed by atoms with Crippen molar-refractivity contribution in [2.75, 3.05) is 14.2 Å². The molecule has 0 amide bonds. The van der Waals surface area contributed by atoms with Crippen LogP contribution in [-0.2, 0) is 9.53 Å². The van der Waals surface area contributed by atoms with Crippen LogP contribution in [0.1, 0.15) is 27.0 Å². The average molecular weight is 443 g/mol. The number of esters is 2. The number of nitrogens with zero attached hydrogens (tertiary/aromatic N) is 1. The molecule has 7 nitrogen and oxygen atoms in total. The van der Waals surface area contributed by atoms with Gasteiger partial charge in [0.25, 0.3) is 0 Å². The lowest BCUT2D eigenvalue weighted by molar-refractivity contribution is -0.129. The lowest BCUT2D eigenvalue weighted by atomic mass is 10.1. The van der Waals surface area contributed by atoms with Gasteiger partial charge in [0.2, 0.25) is 5.90 Å². The van der Waals surface area contributed by atoms with E-state index in [1.54, 1.807) is 48.5 Å². The number of para-hydroxylation sites is 1. The molecule has 0 aromatic heterocycles. The van der Waals surface area contributed by atoms with E-state index in [1.165, 1.54) is 14.2 Å². The summed E-state index contributed by atoms with van der Waals surface area (Å²) in [5.41, 5.74) is 2.84. The van der Waals surface area contributed by atoms with Gasteiger partial charge in [-0.05, 0) is 55.0 Å². The van der Waals surface area contributed by atoms with E-state index < -0.39 is 11.9 Å². The third-order valence-corrected chi connectivity index (χ3v) is 4.91. The predicted molar refractivity (Wildman–Crippen MR) is 123 cm³/mol.